The Kier molecular flexibility index (Phi) is 6.41. The van der Waals surface area contributed by atoms with Crippen LogP contribution < -0.4 is 4.74 Å². The van der Waals surface area contributed by atoms with Gasteiger partial charge in [-0.25, -0.2) is 5.01 Å². The molecule has 2 aromatic rings. The fourth-order valence-corrected chi connectivity index (χ4v) is 3.77. The molecule has 1 heterocycles. The van der Waals surface area contributed by atoms with Crippen molar-refractivity contribution >= 4 is 11.6 Å². The first-order valence-electron chi connectivity index (χ1n) is 10.4. The standard InChI is InChI=1S/C25H32N2O2/c1-18-14-19(2)16-20(15-18)22-17-23(25(3,4)5)27(26-22)24(28)12-9-13-29-21-10-7-6-8-11-21/h6-8,10-11,14-16,23H,9,12-13,17H2,1-5H3. The summed E-state index contributed by atoms with van der Waals surface area (Å²) >= 11 is 0. The minimum Gasteiger partial charge on any atom is -0.494 e. The smallest absolute Gasteiger partial charge is 0.243 e. The van der Waals surface area contributed by atoms with E-state index in [1.165, 1.54) is 11.1 Å². The van der Waals surface area contributed by atoms with E-state index in [1.54, 1.807) is 5.01 Å². The Morgan fingerprint density at radius 1 is 1.10 bits per heavy atom. The maximum atomic E-state index is 13.0. The highest BCUT2D eigenvalue weighted by Gasteiger charge is 2.39. The summed E-state index contributed by atoms with van der Waals surface area (Å²) < 4.78 is 5.72. The van der Waals surface area contributed by atoms with Crippen LogP contribution in [0.2, 0.25) is 0 Å². The van der Waals surface area contributed by atoms with Crippen molar-refractivity contribution in [1.29, 1.82) is 0 Å². The van der Waals surface area contributed by atoms with Crippen LogP contribution in [0.3, 0.4) is 0 Å². The summed E-state index contributed by atoms with van der Waals surface area (Å²) in [6, 6.07) is 16.3. The number of aryl methyl sites for hydroxylation is 2. The molecular weight excluding hydrogens is 360 g/mol. The third-order valence-corrected chi connectivity index (χ3v) is 5.27. The first kappa shape index (κ1) is 21.1. The Bertz CT molecular complexity index is 861. The van der Waals surface area contributed by atoms with Gasteiger partial charge in [0.2, 0.25) is 5.91 Å². The first-order valence-corrected chi connectivity index (χ1v) is 10.4. The average molecular weight is 393 g/mol. The van der Waals surface area contributed by atoms with Gasteiger partial charge in [-0.05, 0) is 43.4 Å². The number of carbonyl (C=O) groups is 1. The molecule has 0 N–H and O–H groups in total. The van der Waals surface area contributed by atoms with Gasteiger partial charge < -0.3 is 4.74 Å². The summed E-state index contributed by atoms with van der Waals surface area (Å²) in [5.74, 6) is 0.907. The molecule has 0 radical (unpaired) electrons. The molecule has 0 spiro atoms. The largest absolute Gasteiger partial charge is 0.494 e. The summed E-state index contributed by atoms with van der Waals surface area (Å²) in [4.78, 5) is 13.0. The predicted octanol–water partition coefficient (Wildman–Crippen LogP) is 5.51. The monoisotopic (exact) mass is 392 g/mol. The molecule has 0 bridgehead atoms. The van der Waals surface area contributed by atoms with E-state index in [0.29, 0.717) is 19.4 Å². The molecule has 0 aromatic heterocycles. The van der Waals surface area contributed by atoms with Crippen molar-refractivity contribution in [2.45, 2.75) is 59.9 Å². The number of carbonyl (C=O) groups excluding carboxylic acids is 1. The van der Waals surface area contributed by atoms with Crippen molar-refractivity contribution in [3.8, 4) is 5.75 Å². The maximum absolute atomic E-state index is 13.0. The lowest BCUT2D eigenvalue weighted by Gasteiger charge is -2.32. The molecule has 0 aliphatic carbocycles. The first-order chi connectivity index (χ1) is 13.7. The molecule has 1 amide bonds. The van der Waals surface area contributed by atoms with Crippen molar-refractivity contribution in [3.63, 3.8) is 0 Å². The Hall–Kier alpha value is -2.62. The lowest BCUT2D eigenvalue weighted by Crippen LogP contribution is -2.41. The summed E-state index contributed by atoms with van der Waals surface area (Å²) in [7, 11) is 0. The maximum Gasteiger partial charge on any atom is 0.243 e. The summed E-state index contributed by atoms with van der Waals surface area (Å²) in [5.41, 5.74) is 4.53. The van der Waals surface area contributed by atoms with E-state index in [9.17, 15) is 4.79 Å². The van der Waals surface area contributed by atoms with Gasteiger partial charge in [-0.3, -0.25) is 4.79 Å². The summed E-state index contributed by atoms with van der Waals surface area (Å²) in [6.07, 6.45) is 1.90. The summed E-state index contributed by atoms with van der Waals surface area (Å²) in [5, 5.41) is 6.52. The van der Waals surface area contributed by atoms with Crippen molar-refractivity contribution < 1.29 is 9.53 Å². The van der Waals surface area contributed by atoms with E-state index < -0.39 is 0 Å². The van der Waals surface area contributed by atoms with Gasteiger partial charge in [0.25, 0.3) is 0 Å². The minimum absolute atomic E-state index is 0.0414. The fourth-order valence-electron chi connectivity index (χ4n) is 3.77. The molecular formula is C25H32N2O2. The number of benzene rings is 2. The predicted molar refractivity (Wildman–Crippen MR) is 118 cm³/mol. The highest BCUT2D eigenvalue weighted by atomic mass is 16.5. The molecule has 1 atom stereocenters. The lowest BCUT2D eigenvalue weighted by atomic mass is 9.83. The number of para-hydroxylation sites is 1. The number of hydrogen-bond donors (Lipinski definition) is 0. The zero-order valence-electron chi connectivity index (χ0n) is 18.2. The van der Waals surface area contributed by atoms with E-state index in [2.05, 4.69) is 52.8 Å². The molecule has 1 aliphatic rings. The highest BCUT2D eigenvalue weighted by molar-refractivity contribution is 6.03. The van der Waals surface area contributed by atoms with Gasteiger partial charge in [0.15, 0.2) is 0 Å². The van der Waals surface area contributed by atoms with Gasteiger partial charge >= 0.3 is 0 Å². The topological polar surface area (TPSA) is 41.9 Å². The molecule has 0 saturated heterocycles. The number of hydrazone groups is 1. The number of nitrogens with zero attached hydrogens (tertiary/aromatic N) is 2. The third kappa shape index (κ3) is 5.47. The number of hydrogen-bond acceptors (Lipinski definition) is 3. The van der Waals surface area contributed by atoms with Crippen molar-refractivity contribution in [2.24, 2.45) is 10.5 Å². The average Bonchev–Trinajstić information content (AvgIpc) is 3.11. The Labute approximate surface area is 174 Å². The van der Waals surface area contributed by atoms with Gasteiger partial charge in [0.05, 0.1) is 18.4 Å². The Morgan fingerprint density at radius 2 is 1.76 bits per heavy atom. The molecule has 3 rings (SSSR count). The molecule has 1 aliphatic heterocycles. The molecule has 154 valence electrons. The molecule has 1 unspecified atom stereocenters. The second-order valence-corrected chi connectivity index (χ2v) is 9.01. The number of rotatable bonds is 6. The van der Waals surface area contributed by atoms with Crippen molar-refractivity contribution in [3.05, 3.63) is 65.2 Å². The Balaban J connectivity index is 1.68. The quantitative estimate of drug-likeness (QED) is 0.608. The highest BCUT2D eigenvalue weighted by Crippen LogP contribution is 2.34. The van der Waals surface area contributed by atoms with Crippen LogP contribution >= 0.6 is 0 Å². The molecule has 0 fully saturated rings. The van der Waals surface area contributed by atoms with Gasteiger partial charge in [0, 0.05) is 12.8 Å². The lowest BCUT2D eigenvalue weighted by molar-refractivity contribution is -0.135. The zero-order valence-corrected chi connectivity index (χ0v) is 18.2. The van der Waals surface area contributed by atoms with Crippen LogP contribution in [0.5, 0.6) is 5.75 Å². The second kappa shape index (κ2) is 8.81. The molecule has 29 heavy (non-hydrogen) atoms. The minimum atomic E-state index is -0.0414. The van der Waals surface area contributed by atoms with Crippen molar-refractivity contribution in [1.82, 2.24) is 5.01 Å². The second-order valence-electron chi connectivity index (χ2n) is 9.01. The van der Waals surface area contributed by atoms with E-state index in [-0.39, 0.29) is 17.4 Å². The van der Waals surface area contributed by atoms with E-state index >= 15 is 0 Å². The zero-order chi connectivity index (χ0) is 21.0. The van der Waals surface area contributed by atoms with E-state index in [1.807, 2.05) is 30.3 Å². The van der Waals surface area contributed by atoms with E-state index in [0.717, 1.165) is 23.4 Å². The Morgan fingerprint density at radius 3 is 2.38 bits per heavy atom. The van der Waals surface area contributed by atoms with Gasteiger partial charge in [-0.1, -0.05) is 68.3 Å². The van der Waals surface area contributed by atoms with Gasteiger partial charge in [-0.2, -0.15) is 5.10 Å². The van der Waals surface area contributed by atoms with E-state index in [4.69, 9.17) is 9.84 Å². The van der Waals surface area contributed by atoms with Gasteiger partial charge in [-0.15, -0.1) is 0 Å². The molecule has 2 aromatic carbocycles. The van der Waals surface area contributed by atoms with Crippen LogP contribution in [0.15, 0.2) is 53.6 Å². The molecule has 4 nitrogen and oxygen atoms in total. The number of ether oxygens (including phenoxy) is 1. The normalized spacial score (nSPS) is 16.7. The van der Waals surface area contributed by atoms with Crippen LogP contribution in [0.4, 0.5) is 0 Å². The molecule has 0 saturated carbocycles. The van der Waals surface area contributed by atoms with Crippen LogP contribution in [0, 0.1) is 19.3 Å². The fraction of sp³-hybridized carbons (Fsp3) is 0.440. The number of amides is 1. The van der Waals surface area contributed by atoms with Gasteiger partial charge in [0.1, 0.15) is 5.75 Å². The molecule has 4 heteroatoms. The summed E-state index contributed by atoms with van der Waals surface area (Å²) in [6.45, 7) is 11.3. The van der Waals surface area contributed by atoms with Crippen LogP contribution in [-0.4, -0.2) is 29.3 Å². The van der Waals surface area contributed by atoms with Crippen LogP contribution in [-0.2, 0) is 4.79 Å². The SMILES string of the molecule is Cc1cc(C)cc(C2=NN(C(=O)CCCOc3ccccc3)C(C(C)(C)C)C2)c1. The van der Waals surface area contributed by atoms with Crippen LogP contribution in [0.1, 0.15) is 56.7 Å². The third-order valence-electron chi connectivity index (χ3n) is 5.27. The van der Waals surface area contributed by atoms with Crippen LogP contribution in [0.25, 0.3) is 0 Å². The van der Waals surface area contributed by atoms with Crippen molar-refractivity contribution in [2.75, 3.05) is 6.61 Å².